The summed E-state index contributed by atoms with van der Waals surface area (Å²) >= 11 is 6.21. The molecule has 3 heterocycles. The Labute approximate surface area is 143 Å². The Balaban J connectivity index is 1.81. The Kier molecular flexibility index (Phi) is 4.63. The molecule has 23 heavy (non-hydrogen) atoms. The average Bonchev–Trinajstić information content (AvgIpc) is 3.13. The largest absolute Gasteiger partial charge is 0.480 e. The highest BCUT2D eigenvalue weighted by atomic mass is 32.2. The van der Waals surface area contributed by atoms with E-state index in [1.807, 2.05) is 12.1 Å². The highest BCUT2D eigenvalue weighted by Crippen LogP contribution is 2.32. The number of anilines is 1. The van der Waals surface area contributed by atoms with Crippen molar-refractivity contribution in [3.8, 4) is 0 Å². The van der Waals surface area contributed by atoms with Gasteiger partial charge < -0.3 is 10.0 Å². The maximum atomic E-state index is 12.3. The molecule has 0 atom stereocenters. The third-order valence-electron chi connectivity index (χ3n) is 3.66. The van der Waals surface area contributed by atoms with E-state index in [-0.39, 0.29) is 10.2 Å². The van der Waals surface area contributed by atoms with Crippen molar-refractivity contribution in [3.63, 3.8) is 0 Å². The summed E-state index contributed by atoms with van der Waals surface area (Å²) in [4.78, 5) is 31.2. The molecule has 0 aromatic carbocycles. The van der Waals surface area contributed by atoms with Crippen LogP contribution in [0.15, 0.2) is 23.2 Å². The fourth-order valence-electron chi connectivity index (χ4n) is 2.57. The molecule has 6 nitrogen and oxygen atoms in total. The van der Waals surface area contributed by atoms with Gasteiger partial charge in [0.05, 0.1) is 4.91 Å². The Morgan fingerprint density at radius 2 is 2.17 bits per heavy atom. The predicted molar refractivity (Wildman–Crippen MR) is 93.2 cm³/mol. The Morgan fingerprint density at radius 1 is 1.43 bits per heavy atom. The number of thioether (sulfide) groups is 1. The number of aromatic nitrogens is 1. The van der Waals surface area contributed by atoms with Crippen LogP contribution in [0.1, 0.15) is 18.4 Å². The molecule has 1 aromatic heterocycles. The first-order valence-corrected chi connectivity index (χ1v) is 8.45. The number of hydrogen-bond acceptors (Lipinski definition) is 6. The second-order valence-electron chi connectivity index (χ2n) is 5.30. The van der Waals surface area contributed by atoms with E-state index in [1.54, 1.807) is 12.3 Å². The van der Waals surface area contributed by atoms with Gasteiger partial charge in [0, 0.05) is 19.3 Å². The summed E-state index contributed by atoms with van der Waals surface area (Å²) in [5.74, 6) is -0.540. The van der Waals surface area contributed by atoms with Crippen molar-refractivity contribution in [2.45, 2.75) is 12.8 Å². The molecule has 0 aliphatic carbocycles. The lowest BCUT2D eigenvalue weighted by Crippen LogP contribution is -2.33. The van der Waals surface area contributed by atoms with Crippen LogP contribution in [-0.2, 0) is 9.59 Å². The zero-order chi connectivity index (χ0) is 16.4. The van der Waals surface area contributed by atoms with E-state index in [2.05, 4.69) is 9.88 Å². The quantitative estimate of drug-likeness (QED) is 0.658. The summed E-state index contributed by atoms with van der Waals surface area (Å²) in [6.07, 6.45) is 5.79. The first-order chi connectivity index (χ1) is 11.0. The SMILES string of the molecule is O=C(O)CN1C(=O)C(=Cc2ccnc(N3CCCC3)c2)SC1=S. The van der Waals surface area contributed by atoms with Crippen LogP contribution in [0.4, 0.5) is 5.82 Å². The molecular formula is C15H15N3O3S2. The van der Waals surface area contributed by atoms with Crippen LogP contribution in [0.25, 0.3) is 6.08 Å². The fraction of sp³-hybridized carbons (Fsp3) is 0.333. The predicted octanol–water partition coefficient (Wildman–Crippen LogP) is 1.97. The first kappa shape index (κ1) is 15.9. The Hall–Kier alpha value is -1.93. The van der Waals surface area contributed by atoms with Crippen molar-refractivity contribution < 1.29 is 14.7 Å². The number of hydrogen-bond donors (Lipinski definition) is 1. The van der Waals surface area contributed by atoms with Crippen molar-refractivity contribution in [2.75, 3.05) is 24.5 Å². The lowest BCUT2D eigenvalue weighted by Gasteiger charge is -2.16. The van der Waals surface area contributed by atoms with Crippen LogP contribution in [0.2, 0.25) is 0 Å². The molecule has 120 valence electrons. The van der Waals surface area contributed by atoms with Crippen LogP contribution in [0.3, 0.4) is 0 Å². The maximum Gasteiger partial charge on any atom is 0.323 e. The van der Waals surface area contributed by atoms with E-state index >= 15 is 0 Å². The zero-order valence-corrected chi connectivity index (χ0v) is 13.9. The van der Waals surface area contributed by atoms with Gasteiger partial charge in [0.25, 0.3) is 5.91 Å². The number of thiocarbonyl (C=S) groups is 1. The monoisotopic (exact) mass is 349 g/mol. The zero-order valence-electron chi connectivity index (χ0n) is 12.3. The highest BCUT2D eigenvalue weighted by molar-refractivity contribution is 8.26. The van der Waals surface area contributed by atoms with Crippen LogP contribution in [-0.4, -0.2) is 50.8 Å². The fourth-order valence-corrected chi connectivity index (χ4v) is 3.82. The normalized spacial score (nSPS) is 19.9. The van der Waals surface area contributed by atoms with Crippen LogP contribution in [0, 0.1) is 0 Å². The molecule has 2 fully saturated rings. The minimum absolute atomic E-state index is 0.275. The molecule has 8 heteroatoms. The standard InChI is InChI=1S/C15H15N3O3S2/c19-13(20)9-18-14(21)11(23-15(18)22)7-10-3-4-16-12(8-10)17-5-1-2-6-17/h3-4,7-8H,1-2,5-6,9H2,(H,19,20). The van der Waals surface area contributed by atoms with E-state index in [4.69, 9.17) is 17.3 Å². The van der Waals surface area contributed by atoms with Gasteiger partial charge in [-0.15, -0.1) is 0 Å². The lowest BCUT2D eigenvalue weighted by atomic mass is 10.2. The van der Waals surface area contributed by atoms with E-state index in [9.17, 15) is 9.59 Å². The Morgan fingerprint density at radius 3 is 2.87 bits per heavy atom. The number of amides is 1. The molecule has 1 amide bonds. The first-order valence-electron chi connectivity index (χ1n) is 7.23. The van der Waals surface area contributed by atoms with Gasteiger partial charge in [-0.05, 0) is 36.6 Å². The van der Waals surface area contributed by atoms with Gasteiger partial charge in [-0.2, -0.15) is 0 Å². The number of nitrogens with zero attached hydrogens (tertiary/aromatic N) is 3. The number of carbonyl (C=O) groups is 2. The molecule has 0 bridgehead atoms. The van der Waals surface area contributed by atoms with Crippen molar-refractivity contribution in [2.24, 2.45) is 0 Å². The second kappa shape index (κ2) is 6.67. The second-order valence-corrected chi connectivity index (χ2v) is 6.98. The van der Waals surface area contributed by atoms with Crippen molar-refractivity contribution in [1.29, 1.82) is 0 Å². The molecule has 2 saturated heterocycles. The van der Waals surface area contributed by atoms with Crippen molar-refractivity contribution in [1.82, 2.24) is 9.88 Å². The highest BCUT2D eigenvalue weighted by Gasteiger charge is 2.33. The van der Waals surface area contributed by atoms with Gasteiger partial charge in [-0.3, -0.25) is 14.5 Å². The number of carboxylic acids is 1. The molecule has 0 unspecified atom stereocenters. The van der Waals surface area contributed by atoms with E-state index < -0.39 is 12.5 Å². The molecule has 0 saturated carbocycles. The topological polar surface area (TPSA) is 73.7 Å². The number of carbonyl (C=O) groups excluding carboxylic acids is 1. The summed E-state index contributed by atoms with van der Waals surface area (Å²) in [7, 11) is 0. The van der Waals surface area contributed by atoms with Gasteiger partial charge >= 0.3 is 5.97 Å². The van der Waals surface area contributed by atoms with Crippen molar-refractivity contribution >= 4 is 52.1 Å². The van der Waals surface area contributed by atoms with Gasteiger partial charge in [0.15, 0.2) is 0 Å². The minimum atomic E-state index is -1.08. The lowest BCUT2D eigenvalue weighted by molar-refractivity contribution is -0.140. The third kappa shape index (κ3) is 3.53. The smallest absolute Gasteiger partial charge is 0.323 e. The molecule has 3 rings (SSSR count). The van der Waals surface area contributed by atoms with Gasteiger partial charge in [0.2, 0.25) is 0 Å². The molecule has 1 N–H and O–H groups in total. The molecular weight excluding hydrogens is 334 g/mol. The summed E-state index contributed by atoms with van der Waals surface area (Å²) < 4.78 is 0.275. The average molecular weight is 349 g/mol. The van der Waals surface area contributed by atoms with Gasteiger partial charge in [-0.25, -0.2) is 4.98 Å². The minimum Gasteiger partial charge on any atom is -0.480 e. The van der Waals surface area contributed by atoms with E-state index in [0.717, 1.165) is 41.1 Å². The molecule has 0 spiro atoms. The summed E-state index contributed by atoms with van der Waals surface area (Å²) in [5, 5.41) is 8.85. The summed E-state index contributed by atoms with van der Waals surface area (Å²) in [5.41, 5.74) is 0.859. The van der Waals surface area contributed by atoms with Crippen LogP contribution >= 0.6 is 24.0 Å². The number of aliphatic carboxylic acids is 1. The van der Waals surface area contributed by atoms with Gasteiger partial charge in [-0.1, -0.05) is 24.0 Å². The number of carboxylic acid groups (broad SMARTS) is 1. The third-order valence-corrected chi connectivity index (χ3v) is 5.04. The summed E-state index contributed by atoms with van der Waals surface area (Å²) in [6.45, 7) is 1.59. The number of rotatable bonds is 4. The van der Waals surface area contributed by atoms with Crippen LogP contribution in [0.5, 0.6) is 0 Å². The molecule has 0 radical (unpaired) electrons. The van der Waals surface area contributed by atoms with Crippen LogP contribution < -0.4 is 4.90 Å². The molecule has 1 aromatic rings. The van der Waals surface area contributed by atoms with E-state index in [1.165, 1.54) is 12.8 Å². The molecule has 2 aliphatic rings. The summed E-state index contributed by atoms with van der Waals surface area (Å²) in [6, 6.07) is 3.76. The maximum absolute atomic E-state index is 12.3. The molecule has 2 aliphatic heterocycles. The van der Waals surface area contributed by atoms with Crippen molar-refractivity contribution in [3.05, 3.63) is 28.8 Å². The van der Waals surface area contributed by atoms with Gasteiger partial charge in [0.1, 0.15) is 16.7 Å². The number of pyridine rings is 1. The van der Waals surface area contributed by atoms with E-state index in [0.29, 0.717) is 4.91 Å². The Bertz CT molecular complexity index is 699.